The maximum Gasteiger partial charge on any atom is 0.317 e. The van der Waals surface area contributed by atoms with Crippen LogP contribution in [0.1, 0.15) is 37.8 Å². The Morgan fingerprint density at radius 3 is 2.79 bits per heavy atom. The minimum atomic E-state index is -0.225. The number of carbonyl (C=O) groups is 2. The average Bonchev–Trinajstić information content (AvgIpc) is 2.87. The van der Waals surface area contributed by atoms with Crippen molar-refractivity contribution in [3.8, 4) is 0 Å². The van der Waals surface area contributed by atoms with Gasteiger partial charge >= 0.3 is 6.03 Å². The number of fused-ring (bicyclic) bond motifs is 1. The second kappa shape index (κ2) is 9.41. The number of piperazine rings is 1. The van der Waals surface area contributed by atoms with Gasteiger partial charge in [0.1, 0.15) is 6.04 Å². The Hall–Kier alpha value is -2.08. The van der Waals surface area contributed by atoms with Gasteiger partial charge in [-0.25, -0.2) is 4.79 Å². The van der Waals surface area contributed by atoms with Gasteiger partial charge in [0.25, 0.3) is 0 Å². The number of amides is 3. The molecular weight excluding hydrogens is 352 g/mol. The fourth-order valence-electron chi connectivity index (χ4n) is 4.06. The quantitative estimate of drug-likeness (QED) is 0.846. The Labute approximate surface area is 168 Å². The number of rotatable bonds is 5. The number of aryl methyl sites for hydroxylation is 1. The maximum absolute atomic E-state index is 13.2. The van der Waals surface area contributed by atoms with Crippen molar-refractivity contribution in [1.29, 1.82) is 0 Å². The number of nitrogens with zero attached hydrogens (tertiary/aromatic N) is 3. The molecule has 6 heteroatoms. The van der Waals surface area contributed by atoms with Crippen molar-refractivity contribution in [3.05, 3.63) is 35.4 Å². The van der Waals surface area contributed by atoms with Crippen molar-refractivity contribution in [2.24, 2.45) is 5.92 Å². The Bertz CT molecular complexity index is 691. The third-order valence-electron chi connectivity index (χ3n) is 5.70. The highest BCUT2D eigenvalue weighted by Gasteiger charge is 2.38. The van der Waals surface area contributed by atoms with Gasteiger partial charge in [-0.2, -0.15) is 0 Å². The molecule has 28 heavy (non-hydrogen) atoms. The summed E-state index contributed by atoms with van der Waals surface area (Å²) in [4.78, 5) is 31.8. The van der Waals surface area contributed by atoms with Crippen LogP contribution in [-0.4, -0.2) is 71.9 Å². The Morgan fingerprint density at radius 1 is 1.21 bits per heavy atom. The Kier molecular flexibility index (Phi) is 6.94. The van der Waals surface area contributed by atoms with E-state index in [2.05, 4.69) is 49.2 Å². The van der Waals surface area contributed by atoms with E-state index in [-0.39, 0.29) is 18.0 Å². The van der Waals surface area contributed by atoms with Gasteiger partial charge in [0, 0.05) is 45.8 Å². The van der Waals surface area contributed by atoms with E-state index in [4.69, 9.17) is 0 Å². The molecule has 1 N–H and O–H groups in total. The van der Waals surface area contributed by atoms with E-state index in [9.17, 15) is 9.59 Å². The third-order valence-corrected chi connectivity index (χ3v) is 5.70. The van der Waals surface area contributed by atoms with E-state index < -0.39 is 0 Å². The van der Waals surface area contributed by atoms with Gasteiger partial charge in [-0.15, -0.1) is 0 Å². The standard InChI is InChI=1S/C22H34N4O2/c1-17(2)8-9-23-22(28)26-11-5-10-24-12-13-25(21(27)20(24)16-26)15-19-7-4-6-18(3)14-19/h4,6-7,14,17,20H,5,8-13,15-16H2,1-3H3,(H,23,28). The van der Waals surface area contributed by atoms with E-state index >= 15 is 0 Å². The molecule has 0 spiro atoms. The van der Waals surface area contributed by atoms with Crippen molar-refractivity contribution in [1.82, 2.24) is 20.0 Å². The highest BCUT2D eigenvalue weighted by atomic mass is 16.2. The van der Waals surface area contributed by atoms with Crippen LogP contribution in [0, 0.1) is 12.8 Å². The van der Waals surface area contributed by atoms with Crippen molar-refractivity contribution < 1.29 is 9.59 Å². The molecule has 0 aliphatic carbocycles. The van der Waals surface area contributed by atoms with Crippen LogP contribution in [0.3, 0.4) is 0 Å². The molecule has 2 heterocycles. The predicted octanol–water partition coefficient (Wildman–Crippen LogP) is 2.47. The number of carbonyl (C=O) groups excluding carboxylic acids is 2. The molecule has 1 atom stereocenters. The van der Waals surface area contributed by atoms with Gasteiger partial charge in [0.05, 0.1) is 0 Å². The zero-order chi connectivity index (χ0) is 20.1. The minimum absolute atomic E-state index is 0.0360. The van der Waals surface area contributed by atoms with Crippen LogP contribution in [0.15, 0.2) is 24.3 Å². The molecule has 0 aromatic heterocycles. The molecule has 3 rings (SSSR count). The molecule has 2 fully saturated rings. The first kappa shape index (κ1) is 20.6. The second-order valence-corrected chi connectivity index (χ2v) is 8.51. The summed E-state index contributed by atoms with van der Waals surface area (Å²) in [5.41, 5.74) is 2.38. The maximum atomic E-state index is 13.2. The van der Waals surface area contributed by atoms with Gasteiger partial charge in [-0.05, 0) is 31.2 Å². The zero-order valence-corrected chi connectivity index (χ0v) is 17.5. The lowest BCUT2D eigenvalue weighted by Crippen LogP contribution is -2.59. The normalized spacial score (nSPS) is 20.9. The largest absolute Gasteiger partial charge is 0.338 e. The van der Waals surface area contributed by atoms with Crippen LogP contribution < -0.4 is 5.32 Å². The summed E-state index contributed by atoms with van der Waals surface area (Å²) in [6, 6.07) is 8.07. The SMILES string of the molecule is Cc1cccc(CN2CCN3CCCN(C(=O)NCCC(C)C)CC3C2=O)c1. The molecule has 154 valence electrons. The van der Waals surface area contributed by atoms with Crippen LogP contribution in [0.4, 0.5) is 4.79 Å². The minimum Gasteiger partial charge on any atom is -0.338 e. The third kappa shape index (κ3) is 5.25. The molecule has 6 nitrogen and oxygen atoms in total. The first-order valence-electron chi connectivity index (χ1n) is 10.5. The smallest absolute Gasteiger partial charge is 0.317 e. The summed E-state index contributed by atoms with van der Waals surface area (Å²) in [5, 5.41) is 3.02. The van der Waals surface area contributed by atoms with Crippen LogP contribution in [0.2, 0.25) is 0 Å². The molecule has 0 radical (unpaired) electrons. The van der Waals surface area contributed by atoms with Gasteiger partial charge in [-0.3, -0.25) is 9.69 Å². The number of hydrogen-bond donors (Lipinski definition) is 1. The Morgan fingerprint density at radius 2 is 2.04 bits per heavy atom. The predicted molar refractivity (Wildman–Crippen MR) is 111 cm³/mol. The first-order chi connectivity index (χ1) is 13.4. The molecule has 1 unspecified atom stereocenters. The van der Waals surface area contributed by atoms with Gasteiger partial charge < -0.3 is 15.1 Å². The van der Waals surface area contributed by atoms with E-state index in [0.717, 1.165) is 32.5 Å². The summed E-state index contributed by atoms with van der Waals surface area (Å²) in [6.45, 7) is 11.4. The summed E-state index contributed by atoms with van der Waals surface area (Å²) in [6.07, 6.45) is 1.89. The first-order valence-corrected chi connectivity index (χ1v) is 10.5. The fraction of sp³-hybridized carbons (Fsp3) is 0.636. The van der Waals surface area contributed by atoms with Crippen molar-refractivity contribution in [3.63, 3.8) is 0 Å². The molecule has 2 saturated heterocycles. The highest BCUT2D eigenvalue weighted by Crippen LogP contribution is 2.19. The van der Waals surface area contributed by atoms with Gasteiger partial charge in [0.2, 0.25) is 5.91 Å². The summed E-state index contributed by atoms with van der Waals surface area (Å²) >= 11 is 0. The highest BCUT2D eigenvalue weighted by molar-refractivity contribution is 5.84. The number of benzene rings is 1. The molecule has 1 aromatic carbocycles. The van der Waals surface area contributed by atoms with Crippen LogP contribution in [0.25, 0.3) is 0 Å². The fourth-order valence-corrected chi connectivity index (χ4v) is 4.06. The topological polar surface area (TPSA) is 55.9 Å². The lowest BCUT2D eigenvalue weighted by atomic mass is 10.1. The van der Waals surface area contributed by atoms with Crippen LogP contribution in [-0.2, 0) is 11.3 Å². The lowest BCUT2D eigenvalue weighted by Gasteiger charge is -2.40. The van der Waals surface area contributed by atoms with Gasteiger partial charge in [-0.1, -0.05) is 43.7 Å². The number of urea groups is 1. The summed E-state index contributed by atoms with van der Waals surface area (Å²) in [7, 11) is 0. The molecule has 2 aliphatic heterocycles. The molecular formula is C22H34N4O2. The molecule has 2 aliphatic rings. The van der Waals surface area contributed by atoms with Crippen molar-refractivity contribution in [2.75, 3.05) is 39.3 Å². The number of hydrogen-bond acceptors (Lipinski definition) is 3. The molecule has 1 aromatic rings. The van der Waals surface area contributed by atoms with E-state index in [1.165, 1.54) is 11.1 Å². The lowest BCUT2D eigenvalue weighted by molar-refractivity contribution is -0.142. The van der Waals surface area contributed by atoms with Crippen LogP contribution >= 0.6 is 0 Å². The summed E-state index contributed by atoms with van der Waals surface area (Å²) in [5.74, 6) is 0.713. The van der Waals surface area contributed by atoms with Crippen molar-refractivity contribution in [2.45, 2.75) is 46.2 Å². The summed E-state index contributed by atoms with van der Waals surface area (Å²) < 4.78 is 0. The van der Waals surface area contributed by atoms with E-state index in [0.29, 0.717) is 32.1 Å². The zero-order valence-electron chi connectivity index (χ0n) is 17.5. The van der Waals surface area contributed by atoms with Gasteiger partial charge in [0.15, 0.2) is 0 Å². The molecule has 0 bridgehead atoms. The van der Waals surface area contributed by atoms with Crippen molar-refractivity contribution >= 4 is 11.9 Å². The second-order valence-electron chi connectivity index (χ2n) is 8.51. The Balaban J connectivity index is 1.62. The monoisotopic (exact) mass is 386 g/mol. The van der Waals surface area contributed by atoms with E-state index in [1.807, 2.05) is 15.9 Å². The van der Waals surface area contributed by atoms with E-state index in [1.54, 1.807) is 0 Å². The number of nitrogens with one attached hydrogen (secondary N) is 1. The molecule has 0 saturated carbocycles. The average molecular weight is 387 g/mol. The van der Waals surface area contributed by atoms with Crippen LogP contribution in [0.5, 0.6) is 0 Å². The molecule has 3 amide bonds.